The van der Waals surface area contributed by atoms with Gasteiger partial charge in [0.05, 0.1) is 11.1 Å². The van der Waals surface area contributed by atoms with Crippen LogP contribution in [-0.4, -0.2) is 23.2 Å². The van der Waals surface area contributed by atoms with Gasteiger partial charge in [-0.25, -0.2) is 4.99 Å². The summed E-state index contributed by atoms with van der Waals surface area (Å²) in [7, 11) is 0. The van der Waals surface area contributed by atoms with Gasteiger partial charge in [-0.3, -0.25) is 0 Å². The summed E-state index contributed by atoms with van der Waals surface area (Å²) in [4.78, 5) is 4.59. The number of benzene rings is 1. The van der Waals surface area contributed by atoms with E-state index in [9.17, 15) is 5.11 Å². The predicted octanol–water partition coefficient (Wildman–Crippen LogP) is 4.19. The molecule has 0 bridgehead atoms. The van der Waals surface area contributed by atoms with Crippen molar-refractivity contribution in [2.75, 3.05) is 6.61 Å². The molecule has 0 radical (unpaired) electrons. The Morgan fingerprint density at radius 3 is 2.25 bits per heavy atom. The van der Waals surface area contributed by atoms with Crippen molar-refractivity contribution in [3.8, 4) is 5.75 Å². The predicted molar refractivity (Wildman–Crippen MR) is 82.9 cm³/mol. The molecule has 0 aromatic heterocycles. The smallest absolute Gasteiger partial charge is 0.220 e. The number of hydrogen-bond acceptors (Lipinski definition) is 3. The first-order chi connectivity index (χ1) is 9.21. The lowest BCUT2D eigenvalue weighted by molar-refractivity contribution is 0.278. The molecule has 0 fully saturated rings. The van der Waals surface area contributed by atoms with Crippen molar-refractivity contribution in [2.45, 2.75) is 58.9 Å². The second-order valence-corrected chi connectivity index (χ2v) is 6.83. The highest BCUT2D eigenvalue weighted by Crippen LogP contribution is 2.35. The molecule has 0 aliphatic carbocycles. The maximum atomic E-state index is 10.5. The van der Waals surface area contributed by atoms with Crippen molar-refractivity contribution in [3.63, 3.8) is 0 Å². The minimum Gasteiger partial charge on any atom is -0.507 e. The zero-order chi connectivity index (χ0) is 15.1. The fourth-order valence-electron chi connectivity index (χ4n) is 2.34. The molecule has 110 valence electrons. The van der Waals surface area contributed by atoms with E-state index in [1.54, 1.807) is 0 Å². The Labute approximate surface area is 121 Å². The molecule has 1 aromatic carbocycles. The standard InChI is InChI=1S/C17H25NO2/c1-10(2)12-7-13(11(3)4)15(19)14(8-12)16-18-17(5,6)9-20-16/h7-8,10-11,19H,9H2,1-6H3. The molecule has 20 heavy (non-hydrogen) atoms. The Morgan fingerprint density at radius 1 is 1.15 bits per heavy atom. The second-order valence-electron chi connectivity index (χ2n) is 6.83. The molecule has 3 nitrogen and oxygen atoms in total. The van der Waals surface area contributed by atoms with Crippen molar-refractivity contribution in [3.05, 3.63) is 28.8 Å². The van der Waals surface area contributed by atoms with Gasteiger partial charge in [0.1, 0.15) is 12.4 Å². The summed E-state index contributed by atoms with van der Waals surface area (Å²) in [5.41, 5.74) is 2.68. The average Bonchev–Trinajstić information content (AvgIpc) is 2.69. The lowest BCUT2D eigenvalue weighted by Crippen LogP contribution is -2.17. The van der Waals surface area contributed by atoms with Crippen LogP contribution in [0.4, 0.5) is 0 Å². The first kappa shape index (κ1) is 14.9. The van der Waals surface area contributed by atoms with Crippen LogP contribution < -0.4 is 0 Å². The van der Waals surface area contributed by atoms with E-state index in [-0.39, 0.29) is 11.5 Å². The summed E-state index contributed by atoms with van der Waals surface area (Å²) in [6.07, 6.45) is 0. The summed E-state index contributed by atoms with van der Waals surface area (Å²) < 4.78 is 5.69. The molecule has 1 aliphatic rings. The molecule has 0 atom stereocenters. The molecule has 0 saturated carbocycles. The molecule has 1 heterocycles. The Morgan fingerprint density at radius 2 is 1.80 bits per heavy atom. The summed E-state index contributed by atoms with van der Waals surface area (Å²) in [6.45, 7) is 13.1. The minimum absolute atomic E-state index is 0.215. The molecule has 1 aromatic rings. The molecule has 0 amide bonds. The van der Waals surface area contributed by atoms with E-state index < -0.39 is 0 Å². The Hall–Kier alpha value is -1.51. The SMILES string of the molecule is CC(C)c1cc(C2=NC(C)(C)CO2)c(O)c(C(C)C)c1. The normalized spacial score (nSPS) is 17.5. The van der Waals surface area contributed by atoms with Crippen LogP contribution in [0.15, 0.2) is 17.1 Å². The third-order valence-electron chi connectivity index (χ3n) is 3.65. The largest absolute Gasteiger partial charge is 0.507 e. The summed E-state index contributed by atoms with van der Waals surface area (Å²) in [6, 6.07) is 4.10. The highest BCUT2D eigenvalue weighted by atomic mass is 16.5. The van der Waals surface area contributed by atoms with Crippen LogP contribution in [-0.2, 0) is 4.74 Å². The van der Waals surface area contributed by atoms with E-state index in [0.717, 1.165) is 11.1 Å². The molecule has 1 N–H and O–H groups in total. The fourth-order valence-corrected chi connectivity index (χ4v) is 2.34. The minimum atomic E-state index is -0.215. The lowest BCUT2D eigenvalue weighted by Gasteiger charge is -2.16. The summed E-state index contributed by atoms with van der Waals surface area (Å²) in [5.74, 6) is 1.54. The van der Waals surface area contributed by atoms with E-state index in [0.29, 0.717) is 24.2 Å². The third kappa shape index (κ3) is 2.82. The van der Waals surface area contributed by atoms with Gasteiger partial charge in [-0.05, 0) is 42.9 Å². The van der Waals surface area contributed by atoms with Gasteiger partial charge in [-0.15, -0.1) is 0 Å². The summed E-state index contributed by atoms with van der Waals surface area (Å²) in [5, 5.41) is 10.5. The van der Waals surface area contributed by atoms with Gasteiger partial charge in [0.2, 0.25) is 5.90 Å². The fraction of sp³-hybridized carbons (Fsp3) is 0.588. The number of hydrogen-bond donors (Lipinski definition) is 1. The van der Waals surface area contributed by atoms with Gasteiger partial charge in [0, 0.05) is 0 Å². The average molecular weight is 275 g/mol. The van der Waals surface area contributed by atoms with Crippen LogP contribution in [0.5, 0.6) is 5.75 Å². The first-order valence-electron chi connectivity index (χ1n) is 7.31. The number of rotatable bonds is 3. The van der Waals surface area contributed by atoms with E-state index >= 15 is 0 Å². The van der Waals surface area contributed by atoms with Gasteiger partial charge in [-0.1, -0.05) is 33.8 Å². The quantitative estimate of drug-likeness (QED) is 0.898. The second kappa shape index (κ2) is 5.12. The monoisotopic (exact) mass is 275 g/mol. The number of nitrogens with zero attached hydrogens (tertiary/aromatic N) is 1. The van der Waals surface area contributed by atoms with E-state index in [1.165, 1.54) is 5.56 Å². The number of aromatic hydroxyl groups is 1. The highest BCUT2D eigenvalue weighted by Gasteiger charge is 2.29. The third-order valence-corrected chi connectivity index (χ3v) is 3.65. The molecule has 1 aliphatic heterocycles. The van der Waals surface area contributed by atoms with Crippen molar-refractivity contribution < 1.29 is 9.84 Å². The lowest BCUT2D eigenvalue weighted by atomic mass is 9.92. The molecular weight excluding hydrogens is 250 g/mol. The Balaban J connectivity index is 2.58. The molecule has 2 rings (SSSR count). The molecule has 3 heteroatoms. The van der Waals surface area contributed by atoms with E-state index in [1.807, 2.05) is 19.9 Å². The number of ether oxygens (including phenoxy) is 1. The van der Waals surface area contributed by atoms with Gasteiger partial charge < -0.3 is 9.84 Å². The van der Waals surface area contributed by atoms with Gasteiger partial charge in [0.15, 0.2) is 0 Å². The van der Waals surface area contributed by atoms with Crippen molar-refractivity contribution in [2.24, 2.45) is 4.99 Å². The first-order valence-corrected chi connectivity index (χ1v) is 7.31. The Kier molecular flexibility index (Phi) is 3.81. The molecular formula is C17H25NO2. The topological polar surface area (TPSA) is 41.8 Å². The van der Waals surface area contributed by atoms with Crippen molar-refractivity contribution in [1.82, 2.24) is 0 Å². The van der Waals surface area contributed by atoms with Crippen LogP contribution in [0.25, 0.3) is 0 Å². The van der Waals surface area contributed by atoms with Crippen LogP contribution in [0.2, 0.25) is 0 Å². The van der Waals surface area contributed by atoms with Crippen LogP contribution in [0.3, 0.4) is 0 Å². The summed E-state index contributed by atoms with van der Waals surface area (Å²) >= 11 is 0. The molecule has 0 spiro atoms. The van der Waals surface area contributed by atoms with Crippen molar-refractivity contribution in [1.29, 1.82) is 0 Å². The molecule has 0 saturated heterocycles. The van der Waals surface area contributed by atoms with Crippen LogP contribution in [0, 0.1) is 0 Å². The maximum absolute atomic E-state index is 10.5. The Bertz CT molecular complexity index is 542. The molecule has 0 unspecified atom stereocenters. The van der Waals surface area contributed by atoms with Crippen LogP contribution >= 0.6 is 0 Å². The van der Waals surface area contributed by atoms with Crippen molar-refractivity contribution >= 4 is 5.90 Å². The van der Waals surface area contributed by atoms with Crippen LogP contribution in [0.1, 0.15) is 70.1 Å². The van der Waals surface area contributed by atoms with E-state index in [4.69, 9.17) is 4.74 Å². The maximum Gasteiger partial charge on any atom is 0.220 e. The number of phenolic OH excluding ortho intramolecular Hbond substituents is 1. The zero-order valence-electron chi connectivity index (χ0n) is 13.3. The highest BCUT2D eigenvalue weighted by molar-refractivity contribution is 5.98. The number of phenols is 1. The van der Waals surface area contributed by atoms with Gasteiger partial charge >= 0.3 is 0 Å². The number of aliphatic imine (C=N–C) groups is 1. The van der Waals surface area contributed by atoms with E-state index in [2.05, 4.69) is 38.8 Å². The van der Waals surface area contributed by atoms with Gasteiger partial charge in [-0.2, -0.15) is 0 Å². The zero-order valence-corrected chi connectivity index (χ0v) is 13.3. The van der Waals surface area contributed by atoms with Gasteiger partial charge in [0.25, 0.3) is 0 Å².